The zero-order valence-electron chi connectivity index (χ0n) is 18.8. The smallest absolute Gasteiger partial charge is 0.274 e. The van der Waals surface area contributed by atoms with Gasteiger partial charge in [-0.2, -0.15) is 10.4 Å². The minimum absolute atomic E-state index is 0.0846. The fraction of sp³-hybridized carbons (Fsp3) is 0.346. The molecule has 1 aromatic heterocycles. The lowest BCUT2D eigenvalue weighted by molar-refractivity contribution is 0.0718. The number of amides is 1. The maximum absolute atomic E-state index is 15.2. The third-order valence-corrected chi connectivity index (χ3v) is 5.84. The normalized spacial score (nSPS) is 13.9. The number of rotatable bonds is 5. The van der Waals surface area contributed by atoms with Crippen molar-refractivity contribution in [2.45, 2.75) is 39.5 Å². The molecular weight excluding hydrogens is 422 g/mol. The van der Waals surface area contributed by atoms with Crippen LogP contribution in [0.2, 0.25) is 0 Å². The molecule has 3 aromatic rings. The molecule has 0 unspecified atom stereocenters. The first-order valence-corrected chi connectivity index (χ1v) is 11.3. The van der Waals surface area contributed by atoms with E-state index >= 15 is 4.39 Å². The lowest BCUT2D eigenvalue weighted by atomic mass is 10.0. The van der Waals surface area contributed by atoms with E-state index in [0.717, 1.165) is 31.2 Å². The van der Waals surface area contributed by atoms with E-state index in [0.29, 0.717) is 30.3 Å². The molecule has 1 aliphatic rings. The molecule has 0 bridgehead atoms. The second-order valence-electron chi connectivity index (χ2n) is 8.87. The number of carbonyl (C=O) groups excluding carboxylic acids is 1. The Balaban J connectivity index is 1.81. The van der Waals surface area contributed by atoms with Gasteiger partial charge in [-0.05, 0) is 67.5 Å². The van der Waals surface area contributed by atoms with E-state index < -0.39 is 11.6 Å². The van der Waals surface area contributed by atoms with Crippen LogP contribution in [0.4, 0.5) is 8.78 Å². The second-order valence-corrected chi connectivity index (χ2v) is 8.87. The molecule has 0 atom stereocenters. The third-order valence-electron chi connectivity index (χ3n) is 5.84. The SMILES string of the molecule is CC(C)Cc1ccc(-n2nc(C(=O)N3CCCCC3)cc2-c2ccc(C#N)c(F)c2)c(F)c1. The van der Waals surface area contributed by atoms with Gasteiger partial charge in [0.25, 0.3) is 5.91 Å². The fourth-order valence-electron chi connectivity index (χ4n) is 4.22. The summed E-state index contributed by atoms with van der Waals surface area (Å²) in [4.78, 5) is 14.8. The van der Waals surface area contributed by atoms with Crippen LogP contribution in [0.5, 0.6) is 0 Å². The summed E-state index contributed by atoms with van der Waals surface area (Å²) in [6.07, 6.45) is 3.70. The van der Waals surface area contributed by atoms with Crippen molar-refractivity contribution >= 4 is 5.91 Å². The molecular formula is C26H26F2N4O. The van der Waals surface area contributed by atoms with Gasteiger partial charge in [-0.25, -0.2) is 13.5 Å². The quantitative estimate of drug-likeness (QED) is 0.517. The van der Waals surface area contributed by atoms with E-state index in [1.165, 1.54) is 22.9 Å². The maximum atomic E-state index is 15.2. The summed E-state index contributed by atoms with van der Waals surface area (Å²) in [5.41, 5.74) is 1.94. The monoisotopic (exact) mass is 448 g/mol. The first kappa shape index (κ1) is 22.7. The van der Waals surface area contributed by atoms with E-state index in [4.69, 9.17) is 5.26 Å². The van der Waals surface area contributed by atoms with Crippen LogP contribution >= 0.6 is 0 Å². The number of benzene rings is 2. The average Bonchev–Trinajstić information content (AvgIpc) is 3.24. The number of hydrogen-bond acceptors (Lipinski definition) is 3. The number of carbonyl (C=O) groups is 1. The highest BCUT2D eigenvalue weighted by Crippen LogP contribution is 2.28. The Morgan fingerprint density at radius 3 is 2.45 bits per heavy atom. The van der Waals surface area contributed by atoms with Crippen LogP contribution in [0.1, 0.15) is 54.7 Å². The molecule has 1 amide bonds. The van der Waals surface area contributed by atoms with Crippen molar-refractivity contribution in [1.82, 2.24) is 14.7 Å². The number of aromatic nitrogens is 2. The summed E-state index contributed by atoms with van der Waals surface area (Å²) in [6.45, 7) is 5.44. The molecule has 5 nitrogen and oxygen atoms in total. The van der Waals surface area contributed by atoms with Gasteiger partial charge in [0, 0.05) is 18.7 Å². The zero-order valence-corrected chi connectivity index (χ0v) is 18.8. The highest BCUT2D eigenvalue weighted by Gasteiger charge is 2.24. The van der Waals surface area contributed by atoms with Crippen molar-refractivity contribution in [2.75, 3.05) is 13.1 Å². The summed E-state index contributed by atoms with van der Waals surface area (Å²) in [6, 6.07) is 12.5. The van der Waals surface area contributed by atoms with E-state index in [9.17, 15) is 9.18 Å². The number of likely N-dealkylation sites (tertiary alicyclic amines) is 1. The minimum atomic E-state index is -0.681. The Labute approximate surface area is 192 Å². The predicted octanol–water partition coefficient (Wildman–Crippen LogP) is 5.51. The molecule has 1 fully saturated rings. The van der Waals surface area contributed by atoms with Crippen LogP contribution in [0, 0.1) is 28.9 Å². The molecule has 0 spiro atoms. The minimum Gasteiger partial charge on any atom is -0.337 e. The Morgan fingerprint density at radius 1 is 1.06 bits per heavy atom. The molecule has 0 N–H and O–H groups in total. The molecule has 1 aliphatic heterocycles. The van der Waals surface area contributed by atoms with Crippen molar-refractivity contribution in [3.05, 3.63) is 70.9 Å². The Bertz CT molecular complexity index is 1220. The largest absolute Gasteiger partial charge is 0.337 e. The lowest BCUT2D eigenvalue weighted by Gasteiger charge is -2.25. The molecule has 33 heavy (non-hydrogen) atoms. The summed E-state index contributed by atoms with van der Waals surface area (Å²) >= 11 is 0. The molecule has 1 saturated heterocycles. The van der Waals surface area contributed by atoms with Gasteiger partial charge < -0.3 is 4.90 Å². The van der Waals surface area contributed by atoms with E-state index in [2.05, 4.69) is 18.9 Å². The topological polar surface area (TPSA) is 61.9 Å². The molecule has 2 heterocycles. The highest BCUT2D eigenvalue weighted by atomic mass is 19.1. The van der Waals surface area contributed by atoms with Crippen molar-refractivity contribution in [3.63, 3.8) is 0 Å². The summed E-state index contributed by atoms with van der Waals surface area (Å²) < 4.78 is 30.9. The number of nitrogens with zero attached hydrogens (tertiary/aromatic N) is 4. The van der Waals surface area contributed by atoms with Crippen molar-refractivity contribution in [1.29, 1.82) is 5.26 Å². The van der Waals surface area contributed by atoms with Crippen LogP contribution in [-0.4, -0.2) is 33.7 Å². The van der Waals surface area contributed by atoms with Gasteiger partial charge in [-0.1, -0.05) is 26.0 Å². The van der Waals surface area contributed by atoms with Gasteiger partial charge in [-0.3, -0.25) is 4.79 Å². The van der Waals surface area contributed by atoms with E-state index in [-0.39, 0.29) is 22.9 Å². The fourth-order valence-corrected chi connectivity index (χ4v) is 4.22. The van der Waals surface area contributed by atoms with Crippen LogP contribution in [0.15, 0.2) is 42.5 Å². The van der Waals surface area contributed by atoms with Crippen molar-refractivity contribution in [2.24, 2.45) is 5.92 Å². The van der Waals surface area contributed by atoms with Gasteiger partial charge in [0.2, 0.25) is 0 Å². The summed E-state index contributed by atoms with van der Waals surface area (Å²) in [5.74, 6) is -0.991. The number of hydrogen-bond donors (Lipinski definition) is 0. The summed E-state index contributed by atoms with van der Waals surface area (Å²) in [5, 5.41) is 13.5. The number of nitriles is 1. The van der Waals surface area contributed by atoms with E-state index in [1.54, 1.807) is 29.2 Å². The molecule has 0 aliphatic carbocycles. The second kappa shape index (κ2) is 9.53. The molecule has 2 aromatic carbocycles. The number of halogens is 2. The third kappa shape index (κ3) is 4.80. The van der Waals surface area contributed by atoms with Gasteiger partial charge >= 0.3 is 0 Å². The van der Waals surface area contributed by atoms with Crippen molar-refractivity contribution in [3.8, 4) is 23.0 Å². The first-order valence-electron chi connectivity index (χ1n) is 11.3. The van der Waals surface area contributed by atoms with Crippen molar-refractivity contribution < 1.29 is 13.6 Å². The average molecular weight is 449 g/mol. The standard InChI is InChI=1S/C26H26F2N4O/c1-17(2)12-18-6-9-24(22(28)13-18)32-25(19-7-8-20(16-29)21(27)14-19)15-23(30-32)26(33)31-10-4-3-5-11-31/h6-9,13-15,17H,3-5,10-12H2,1-2H3. The first-order chi connectivity index (χ1) is 15.9. The van der Waals surface area contributed by atoms with E-state index in [1.807, 2.05) is 6.07 Å². The number of piperidine rings is 1. The predicted molar refractivity (Wildman–Crippen MR) is 122 cm³/mol. The van der Waals surface area contributed by atoms with Crippen LogP contribution in [0.3, 0.4) is 0 Å². The Morgan fingerprint density at radius 2 is 1.82 bits per heavy atom. The highest BCUT2D eigenvalue weighted by molar-refractivity contribution is 5.93. The lowest BCUT2D eigenvalue weighted by Crippen LogP contribution is -2.35. The zero-order chi connectivity index (χ0) is 23.5. The van der Waals surface area contributed by atoms with Gasteiger partial charge in [0.05, 0.1) is 11.3 Å². The van der Waals surface area contributed by atoms with Gasteiger partial charge in [0.15, 0.2) is 5.69 Å². The Hall–Kier alpha value is -3.53. The molecule has 0 radical (unpaired) electrons. The molecule has 4 rings (SSSR count). The van der Waals surface area contributed by atoms with Gasteiger partial charge in [0.1, 0.15) is 23.4 Å². The van der Waals surface area contributed by atoms with Crippen LogP contribution in [-0.2, 0) is 6.42 Å². The summed E-state index contributed by atoms with van der Waals surface area (Å²) in [7, 11) is 0. The molecule has 0 saturated carbocycles. The Kier molecular flexibility index (Phi) is 6.55. The van der Waals surface area contributed by atoms with Gasteiger partial charge in [-0.15, -0.1) is 0 Å². The molecule has 170 valence electrons. The maximum Gasteiger partial charge on any atom is 0.274 e. The van der Waals surface area contributed by atoms with Crippen LogP contribution < -0.4 is 0 Å². The van der Waals surface area contributed by atoms with Crippen LogP contribution in [0.25, 0.3) is 16.9 Å². The molecule has 7 heteroatoms.